The fourth-order valence-electron chi connectivity index (χ4n) is 2.85. The number of amides is 1. The Morgan fingerprint density at radius 2 is 2.46 bits per heavy atom. The fourth-order valence-corrected chi connectivity index (χ4v) is 2.85. The summed E-state index contributed by atoms with van der Waals surface area (Å²) in [5.74, 6) is 0.104. The minimum Gasteiger partial charge on any atom is -0.356 e. The first-order valence-corrected chi connectivity index (χ1v) is 5.21. The summed E-state index contributed by atoms with van der Waals surface area (Å²) >= 11 is 0. The summed E-state index contributed by atoms with van der Waals surface area (Å²) in [5.41, 5.74) is 0.395. The Labute approximate surface area is 79.3 Å². The van der Waals surface area contributed by atoms with Crippen molar-refractivity contribution in [3.8, 4) is 0 Å². The van der Waals surface area contributed by atoms with Gasteiger partial charge in [0.1, 0.15) is 0 Å². The van der Waals surface area contributed by atoms with Gasteiger partial charge in [0.15, 0.2) is 0 Å². The highest BCUT2D eigenvalue weighted by Gasteiger charge is 2.45. The third kappa shape index (κ3) is 1.57. The molecule has 1 amide bonds. The first kappa shape index (κ1) is 9.00. The van der Waals surface area contributed by atoms with E-state index in [1.807, 2.05) is 0 Å². The van der Waals surface area contributed by atoms with Gasteiger partial charge in [0.25, 0.3) is 0 Å². The molecule has 0 bridgehead atoms. The van der Waals surface area contributed by atoms with Crippen molar-refractivity contribution in [1.82, 2.24) is 10.6 Å². The van der Waals surface area contributed by atoms with Gasteiger partial charge in [-0.3, -0.25) is 4.79 Å². The number of rotatable bonds is 2. The van der Waals surface area contributed by atoms with E-state index in [4.69, 9.17) is 0 Å². The van der Waals surface area contributed by atoms with Gasteiger partial charge in [-0.2, -0.15) is 0 Å². The molecule has 1 aliphatic carbocycles. The Hall–Kier alpha value is -0.570. The second-order valence-electron chi connectivity index (χ2n) is 4.42. The number of fused-ring (bicyclic) bond motifs is 1. The van der Waals surface area contributed by atoms with Crippen molar-refractivity contribution in [3.05, 3.63) is 0 Å². The maximum atomic E-state index is 10.9. The van der Waals surface area contributed by atoms with Crippen LogP contribution in [0.3, 0.4) is 0 Å². The molecule has 0 unspecified atom stereocenters. The maximum absolute atomic E-state index is 10.9. The van der Waals surface area contributed by atoms with Crippen LogP contribution in [0.5, 0.6) is 0 Å². The lowest BCUT2D eigenvalue weighted by molar-refractivity contribution is -0.119. The highest BCUT2D eigenvalue weighted by molar-refractivity contribution is 5.72. The lowest BCUT2D eigenvalue weighted by Crippen LogP contribution is -2.41. The molecule has 1 heterocycles. The SMILES string of the molecule is CC(=O)NC[C@]12CCC[C@H]1NCC2. The van der Waals surface area contributed by atoms with Crippen LogP contribution in [0.15, 0.2) is 0 Å². The lowest BCUT2D eigenvalue weighted by Gasteiger charge is -2.28. The highest BCUT2D eigenvalue weighted by Crippen LogP contribution is 2.43. The number of hydrogen-bond donors (Lipinski definition) is 2. The lowest BCUT2D eigenvalue weighted by atomic mass is 9.82. The molecule has 13 heavy (non-hydrogen) atoms. The minimum atomic E-state index is 0.104. The smallest absolute Gasteiger partial charge is 0.216 e. The number of carbonyl (C=O) groups is 1. The van der Waals surface area contributed by atoms with Crippen LogP contribution in [0.1, 0.15) is 32.6 Å². The van der Waals surface area contributed by atoms with Gasteiger partial charge in [0.05, 0.1) is 0 Å². The van der Waals surface area contributed by atoms with Crippen LogP contribution >= 0.6 is 0 Å². The summed E-state index contributed by atoms with van der Waals surface area (Å²) in [4.78, 5) is 10.9. The first-order chi connectivity index (χ1) is 6.23. The topological polar surface area (TPSA) is 41.1 Å². The molecule has 2 N–H and O–H groups in total. The zero-order chi connectivity index (χ0) is 9.31. The fraction of sp³-hybridized carbons (Fsp3) is 0.900. The van der Waals surface area contributed by atoms with Crippen molar-refractivity contribution in [2.75, 3.05) is 13.1 Å². The van der Waals surface area contributed by atoms with Crippen LogP contribution < -0.4 is 10.6 Å². The van der Waals surface area contributed by atoms with Crippen molar-refractivity contribution >= 4 is 5.91 Å². The van der Waals surface area contributed by atoms with E-state index < -0.39 is 0 Å². The van der Waals surface area contributed by atoms with E-state index in [0.717, 1.165) is 13.1 Å². The van der Waals surface area contributed by atoms with Gasteiger partial charge < -0.3 is 10.6 Å². The van der Waals surface area contributed by atoms with Gasteiger partial charge in [0, 0.05) is 24.9 Å². The summed E-state index contributed by atoms with van der Waals surface area (Å²) in [7, 11) is 0. The number of hydrogen-bond acceptors (Lipinski definition) is 2. The Balaban J connectivity index is 1.97. The molecule has 74 valence electrons. The van der Waals surface area contributed by atoms with Gasteiger partial charge in [-0.25, -0.2) is 0 Å². The third-order valence-electron chi connectivity index (χ3n) is 3.61. The van der Waals surface area contributed by atoms with Gasteiger partial charge in [-0.1, -0.05) is 6.42 Å². The van der Waals surface area contributed by atoms with E-state index in [0.29, 0.717) is 11.5 Å². The van der Waals surface area contributed by atoms with E-state index in [1.54, 1.807) is 6.92 Å². The molecule has 1 saturated carbocycles. The molecule has 0 aromatic rings. The molecule has 0 aromatic carbocycles. The first-order valence-electron chi connectivity index (χ1n) is 5.21. The zero-order valence-electron chi connectivity index (χ0n) is 8.23. The highest BCUT2D eigenvalue weighted by atomic mass is 16.1. The maximum Gasteiger partial charge on any atom is 0.216 e. The molecular weight excluding hydrogens is 164 g/mol. The Morgan fingerprint density at radius 3 is 3.23 bits per heavy atom. The van der Waals surface area contributed by atoms with Gasteiger partial charge in [0.2, 0.25) is 5.91 Å². The zero-order valence-corrected chi connectivity index (χ0v) is 8.23. The van der Waals surface area contributed by atoms with Crippen molar-refractivity contribution in [2.24, 2.45) is 5.41 Å². The van der Waals surface area contributed by atoms with Crippen LogP contribution in [-0.4, -0.2) is 25.0 Å². The van der Waals surface area contributed by atoms with Gasteiger partial charge in [-0.15, -0.1) is 0 Å². The molecule has 0 radical (unpaired) electrons. The molecule has 2 aliphatic rings. The molecule has 2 rings (SSSR count). The standard InChI is InChI=1S/C10H18N2O/c1-8(13)12-7-10-4-2-3-9(10)11-6-5-10/h9,11H,2-7H2,1H3,(H,12,13)/t9-,10-/m1/s1. The molecule has 3 heteroatoms. The molecule has 0 aromatic heterocycles. The molecule has 3 nitrogen and oxygen atoms in total. The molecular formula is C10H18N2O. The monoisotopic (exact) mass is 182 g/mol. The molecule has 2 fully saturated rings. The molecule has 1 aliphatic heterocycles. The predicted octanol–water partition coefficient (Wildman–Crippen LogP) is 0.655. The van der Waals surface area contributed by atoms with Crippen LogP contribution in [-0.2, 0) is 4.79 Å². The van der Waals surface area contributed by atoms with Crippen molar-refractivity contribution in [3.63, 3.8) is 0 Å². The average Bonchev–Trinajstić information content (AvgIpc) is 2.57. The quantitative estimate of drug-likeness (QED) is 0.658. The predicted molar refractivity (Wildman–Crippen MR) is 51.4 cm³/mol. The third-order valence-corrected chi connectivity index (χ3v) is 3.61. The summed E-state index contributed by atoms with van der Waals surface area (Å²) in [5, 5.41) is 6.50. The summed E-state index contributed by atoms with van der Waals surface area (Å²) in [6.07, 6.45) is 5.12. The molecule has 1 saturated heterocycles. The van der Waals surface area contributed by atoms with Gasteiger partial charge in [-0.05, 0) is 25.8 Å². The van der Waals surface area contributed by atoms with Crippen LogP contribution in [0.25, 0.3) is 0 Å². The molecule has 0 spiro atoms. The van der Waals surface area contributed by atoms with Crippen molar-refractivity contribution in [2.45, 2.75) is 38.6 Å². The van der Waals surface area contributed by atoms with E-state index in [9.17, 15) is 4.79 Å². The van der Waals surface area contributed by atoms with E-state index >= 15 is 0 Å². The van der Waals surface area contributed by atoms with Crippen LogP contribution in [0, 0.1) is 5.41 Å². The second kappa shape index (κ2) is 3.29. The second-order valence-corrected chi connectivity index (χ2v) is 4.42. The molecule has 2 atom stereocenters. The van der Waals surface area contributed by atoms with Crippen molar-refractivity contribution in [1.29, 1.82) is 0 Å². The Kier molecular flexibility index (Phi) is 2.28. The summed E-state index contributed by atoms with van der Waals surface area (Å²) in [6, 6.07) is 0.666. The van der Waals surface area contributed by atoms with Crippen LogP contribution in [0.4, 0.5) is 0 Å². The summed E-state index contributed by atoms with van der Waals surface area (Å²) in [6.45, 7) is 3.60. The van der Waals surface area contributed by atoms with Crippen LogP contribution in [0.2, 0.25) is 0 Å². The largest absolute Gasteiger partial charge is 0.356 e. The normalized spacial score (nSPS) is 37.5. The average molecular weight is 182 g/mol. The number of carbonyl (C=O) groups excluding carboxylic acids is 1. The Bertz CT molecular complexity index is 205. The summed E-state index contributed by atoms with van der Waals surface area (Å²) < 4.78 is 0. The van der Waals surface area contributed by atoms with E-state index in [1.165, 1.54) is 25.7 Å². The van der Waals surface area contributed by atoms with E-state index in [-0.39, 0.29) is 5.91 Å². The number of nitrogens with one attached hydrogen (secondary N) is 2. The van der Waals surface area contributed by atoms with Gasteiger partial charge >= 0.3 is 0 Å². The minimum absolute atomic E-state index is 0.104. The van der Waals surface area contributed by atoms with Crippen molar-refractivity contribution < 1.29 is 4.79 Å². The Morgan fingerprint density at radius 1 is 1.62 bits per heavy atom. The van der Waals surface area contributed by atoms with E-state index in [2.05, 4.69) is 10.6 Å².